The molecule has 1 aromatic rings. The molecule has 0 saturated carbocycles. The Kier molecular flexibility index (Phi) is 5.02. The monoisotopic (exact) mass is 249 g/mol. The lowest BCUT2D eigenvalue weighted by Gasteiger charge is -2.15. The molecule has 2 rings (SSSR count). The minimum Gasteiger partial charge on any atom is -0.488 e. The number of hydrogen-bond acceptors (Lipinski definition) is 3. The molecule has 3 heteroatoms. The molecular weight excluding hydrogens is 226 g/mol. The van der Waals surface area contributed by atoms with Crippen LogP contribution < -0.4 is 10.1 Å². The smallest absolute Gasteiger partial charge is 0.124 e. The van der Waals surface area contributed by atoms with Crippen molar-refractivity contribution in [2.24, 2.45) is 0 Å². The number of benzene rings is 1. The fourth-order valence-electron chi connectivity index (χ4n) is 2.11. The molecule has 2 unspecified atom stereocenters. The average molecular weight is 249 g/mol. The lowest BCUT2D eigenvalue weighted by molar-refractivity contribution is 0.141. The van der Waals surface area contributed by atoms with Crippen LogP contribution in [0.2, 0.25) is 0 Å². The Bertz CT molecular complexity index is 344. The first kappa shape index (κ1) is 13.4. The molecule has 3 nitrogen and oxygen atoms in total. The molecule has 1 aliphatic rings. The summed E-state index contributed by atoms with van der Waals surface area (Å²) in [6, 6.07) is 8.78. The van der Waals surface area contributed by atoms with Crippen molar-refractivity contribution in [3.63, 3.8) is 0 Å². The molecule has 0 spiro atoms. The van der Waals surface area contributed by atoms with Crippen LogP contribution in [0.3, 0.4) is 0 Å². The highest BCUT2D eigenvalue weighted by atomic mass is 16.5. The summed E-state index contributed by atoms with van der Waals surface area (Å²) in [6.45, 7) is 6.96. The lowest BCUT2D eigenvalue weighted by atomic mass is 10.1. The van der Waals surface area contributed by atoms with Gasteiger partial charge in [0.1, 0.15) is 11.9 Å². The average Bonchev–Trinajstić information content (AvgIpc) is 2.89. The van der Waals surface area contributed by atoms with Crippen molar-refractivity contribution in [1.82, 2.24) is 5.32 Å². The molecule has 18 heavy (non-hydrogen) atoms. The van der Waals surface area contributed by atoms with E-state index in [0.29, 0.717) is 6.04 Å². The summed E-state index contributed by atoms with van der Waals surface area (Å²) < 4.78 is 11.1. The summed E-state index contributed by atoms with van der Waals surface area (Å²) in [4.78, 5) is 0. The van der Waals surface area contributed by atoms with Gasteiger partial charge in [-0.1, -0.05) is 19.1 Å². The maximum atomic E-state index is 5.85. The number of ether oxygens (including phenoxy) is 2. The summed E-state index contributed by atoms with van der Waals surface area (Å²) in [5, 5.41) is 3.48. The van der Waals surface area contributed by atoms with E-state index in [1.165, 1.54) is 5.56 Å². The molecule has 1 aliphatic heterocycles. The van der Waals surface area contributed by atoms with E-state index in [2.05, 4.69) is 43.4 Å². The van der Waals surface area contributed by atoms with Gasteiger partial charge in [0.05, 0.1) is 13.2 Å². The zero-order chi connectivity index (χ0) is 12.8. The molecule has 0 amide bonds. The van der Waals surface area contributed by atoms with Crippen molar-refractivity contribution in [3.8, 4) is 5.75 Å². The molecule has 2 atom stereocenters. The van der Waals surface area contributed by atoms with Crippen LogP contribution in [-0.4, -0.2) is 25.9 Å². The first-order valence-electron chi connectivity index (χ1n) is 6.87. The highest BCUT2D eigenvalue weighted by molar-refractivity contribution is 5.29. The normalized spacial score (nSPS) is 20.9. The predicted molar refractivity (Wildman–Crippen MR) is 73.0 cm³/mol. The van der Waals surface area contributed by atoms with Gasteiger partial charge in [0.25, 0.3) is 0 Å². The lowest BCUT2D eigenvalue weighted by Crippen LogP contribution is -2.19. The van der Waals surface area contributed by atoms with Crippen molar-refractivity contribution >= 4 is 0 Å². The van der Waals surface area contributed by atoms with E-state index in [4.69, 9.17) is 9.47 Å². The van der Waals surface area contributed by atoms with Crippen molar-refractivity contribution in [1.29, 1.82) is 0 Å². The summed E-state index contributed by atoms with van der Waals surface area (Å²) in [5.41, 5.74) is 1.30. The third-order valence-electron chi connectivity index (χ3n) is 3.27. The van der Waals surface area contributed by atoms with E-state index in [0.717, 1.165) is 38.3 Å². The van der Waals surface area contributed by atoms with Crippen LogP contribution >= 0.6 is 0 Å². The maximum Gasteiger partial charge on any atom is 0.124 e. The molecule has 0 radical (unpaired) electrons. The van der Waals surface area contributed by atoms with Gasteiger partial charge >= 0.3 is 0 Å². The predicted octanol–water partition coefficient (Wildman–Crippen LogP) is 2.91. The van der Waals surface area contributed by atoms with Crippen molar-refractivity contribution in [2.75, 3.05) is 19.8 Å². The van der Waals surface area contributed by atoms with Gasteiger partial charge in [0.2, 0.25) is 0 Å². The largest absolute Gasteiger partial charge is 0.488 e. The summed E-state index contributed by atoms with van der Waals surface area (Å²) in [6.07, 6.45) is 2.38. The van der Waals surface area contributed by atoms with E-state index >= 15 is 0 Å². The van der Waals surface area contributed by atoms with Crippen LogP contribution in [-0.2, 0) is 4.74 Å². The molecule has 1 heterocycles. The first-order chi connectivity index (χ1) is 8.79. The zero-order valence-electron chi connectivity index (χ0n) is 11.3. The van der Waals surface area contributed by atoms with Crippen molar-refractivity contribution < 1.29 is 9.47 Å². The Labute approximate surface area is 109 Å². The second-order valence-corrected chi connectivity index (χ2v) is 4.85. The van der Waals surface area contributed by atoms with Crippen LogP contribution in [0.25, 0.3) is 0 Å². The molecule has 1 saturated heterocycles. The van der Waals surface area contributed by atoms with Crippen LogP contribution in [0.1, 0.15) is 38.3 Å². The second-order valence-electron chi connectivity index (χ2n) is 4.85. The highest BCUT2D eigenvalue weighted by Crippen LogP contribution is 2.20. The summed E-state index contributed by atoms with van der Waals surface area (Å²) in [5.74, 6) is 0.942. The Balaban J connectivity index is 1.88. The summed E-state index contributed by atoms with van der Waals surface area (Å²) in [7, 11) is 0. The topological polar surface area (TPSA) is 30.5 Å². The summed E-state index contributed by atoms with van der Waals surface area (Å²) >= 11 is 0. The van der Waals surface area contributed by atoms with Gasteiger partial charge in [-0.05, 0) is 37.6 Å². The quantitative estimate of drug-likeness (QED) is 0.841. The fourth-order valence-corrected chi connectivity index (χ4v) is 2.11. The van der Waals surface area contributed by atoms with Gasteiger partial charge < -0.3 is 14.8 Å². The minimum absolute atomic E-state index is 0.228. The van der Waals surface area contributed by atoms with Crippen LogP contribution in [0.15, 0.2) is 24.3 Å². The van der Waals surface area contributed by atoms with Crippen molar-refractivity contribution in [2.45, 2.75) is 38.8 Å². The van der Waals surface area contributed by atoms with Crippen LogP contribution in [0.5, 0.6) is 5.75 Å². The van der Waals surface area contributed by atoms with Crippen LogP contribution in [0, 0.1) is 0 Å². The SMILES string of the molecule is CCCNC(C)c1ccc(OC2CCOC2)cc1. The Morgan fingerprint density at radius 3 is 2.78 bits per heavy atom. The number of hydrogen-bond donors (Lipinski definition) is 1. The van der Waals surface area contributed by atoms with E-state index in [1.54, 1.807) is 0 Å². The number of rotatable bonds is 6. The Morgan fingerprint density at radius 2 is 2.17 bits per heavy atom. The molecule has 0 aliphatic carbocycles. The van der Waals surface area contributed by atoms with E-state index in [1.807, 2.05) is 0 Å². The van der Waals surface area contributed by atoms with Gasteiger partial charge in [0, 0.05) is 12.5 Å². The maximum absolute atomic E-state index is 5.85. The van der Waals surface area contributed by atoms with Crippen LogP contribution in [0.4, 0.5) is 0 Å². The Morgan fingerprint density at radius 1 is 1.39 bits per heavy atom. The third-order valence-corrected chi connectivity index (χ3v) is 3.27. The third kappa shape index (κ3) is 3.72. The molecule has 0 aromatic heterocycles. The molecule has 100 valence electrons. The molecule has 1 aromatic carbocycles. The second kappa shape index (κ2) is 6.76. The standard InChI is InChI=1S/C15H23NO2/c1-3-9-16-12(2)13-4-6-14(7-5-13)18-15-8-10-17-11-15/h4-7,12,15-16H,3,8-11H2,1-2H3. The molecule has 1 fully saturated rings. The Hall–Kier alpha value is -1.06. The van der Waals surface area contributed by atoms with E-state index in [9.17, 15) is 0 Å². The van der Waals surface area contributed by atoms with Gasteiger partial charge in [-0.25, -0.2) is 0 Å². The van der Waals surface area contributed by atoms with Gasteiger partial charge in [-0.3, -0.25) is 0 Å². The molecule has 1 N–H and O–H groups in total. The molecule has 0 bridgehead atoms. The van der Waals surface area contributed by atoms with Crippen molar-refractivity contribution in [3.05, 3.63) is 29.8 Å². The molecular formula is C15H23NO2. The van der Waals surface area contributed by atoms with Gasteiger partial charge in [0.15, 0.2) is 0 Å². The highest BCUT2D eigenvalue weighted by Gasteiger charge is 2.17. The number of nitrogens with one attached hydrogen (secondary N) is 1. The first-order valence-corrected chi connectivity index (χ1v) is 6.87. The van der Waals surface area contributed by atoms with Gasteiger partial charge in [-0.2, -0.15) is 0 Å². The fraction of sp³-hybridized carbons (Fsp3) is 0.600. The van der Waals surface area contributed by atoms with Gasteiger partial charge in [-0.15, -0.1) is 0 Å². The van der Waals surface area contributed by atoms with E-state index < -0.39 is 0 Å². The van der Waals surface area contributed by atoms with E-state index in [-0.39, 0.29) is 6.10 Å². The zero-order valence-corrected chi connectivity index (χ0v) is 11.3. The minimum atomic E-state index is 0.228.